The van der Waals surface area contributed by atoms with Crippen molar-refractivity contribution in [3.8, 4) is 5.75 Å². The van der Waals surface area contributed by atoms with E-state index >= 15 is 0 Å². The summed E-state index contributed by atoms with van der Waals surface area (Å²) < 4.78 is 26.5. The van der Waals surface area contributed by atoms with E-state index in [0.717, 1.165) is 73.6 Å². The van der Waals surface area contributed by atoms with Crippen molar-refractivity contribution in [2.24, 2.45) is 11.8 Å². The van der Waals surface area contributed by atoms with E-state index < -0.39 is 7.60 Å². The van der Waals surface area contributed by atoms with Crippen LogP contribution >= 0.6 is 7.60 Å². The lowest BCUT2D eigenvalue weighted by Crippen LogP contribution is -2.15. The summed E-state index contributed by atoms with van der Waals surface area (Å²) in [4.78, 5) is 0. The van der Waals surface area contributed by atoms with Crippen LogP contribution in [0.25, 0.3) is 0 Å². The van der Waals surface area contributed by atoms with E-state index in [-0.39, 0.29) is 11.6 Å². The van der Waals surface area contributed by atoms with Crippen molar-refractivity contribution in [1.82, 2.24) is 0 Å². The topological polar surface area (TPSA) is 55.8 Å². The van der Waals surface area contributed by atoms with E-state index in [1.54, 1.807) is 0 Å². The van der Waals surface area contributed by atoms with Crippen LogP contribution in [0.1, 0.15) is 122 Å². The Hall–Kier alpha value is -0.830. The minimum absolute atomic E-state index is 0.171. The molecule has 1 aromatic rings. The monoisotopic (exact) mass is 496 g/mol. The molecule has 0 aliphatic heterocycles. The Morgan fingerprint density at radius 3 is 1.76 bits per heavy atom. The number of phenolic OH excluding ortho intramolecular Hbond substituents is 1. The van der Waals surface area contributed by atoms with Crippen LogP contribution in [0.2, 0.25) is 0 Å². The first-order chi connectivity index (χ1) is 15.9. The van der Waals surface area contributed by atoms with Gasteiger partial charge in [-0.05, 0) is 66.2 Å². The van der Waals surface area contributed by atoms with Gasteiger partial charge in [0.25, 0.3) is 0 Å². The highest BCUT2D eigenvalue weighted by molar-refractivity contribution is 7.53. The van der Waals surface area contributed by atoms with Crippen LogP contribution < -0.4 is 0 Å². The van der Waals surface area contributed by atoms with Crippen molar-refractivity contribution in [3.05, 3.63) is 28.3 Å². The molecule has 5 heteroatoms. The number of hydrogen-bond donors (Lipinski definition) is 1. The fourth-order valence-electron chi connectivity index (χ4n) is 4.38. The zero-order valence-electron chi connectivity index (χ0n) is 23.6. The van der Waals surface area contributed by atoms with E-state index in [0.29, 0.717) is 30.8 Å². The van der Waals surface area contributed by atoms with Crippen LogP contribution in [0.4, 0.5) is 0 Å². The molecule has 1 N–H and O–H groups in total. The molecule has 34 heavy (non-hydrogen) atoms. The van der Waals surface area contributed by atoms with Crippen molar-refractivity contribution in [2.45, 2.75) is 125 Å². The molecule has 0 aliphatic rings. The molecule has 0 fully saturated rings. The Kier molecular flexibility index (Phi) is 13.5. The zero-order valence-corrected chi connectivity index (χ0v) is 24.5. The molecule has 0 spiro atoms. The van der Waals surface area contributed by atoms with Gasteiger partial charge in [-0.1, -0.05) is 93.1 Å². The number of phenols is 1. The summed E-state index contributed by atoms with van der Waals surface area (Å²) >= 11 is 0. The highest BCUT2D eigenvalue weighted by Crippen LogP contribution is 2.54. The molecule has 0 heterocycles. The Balaban J connectivity index is 3.22. The Labute approximate surface area is 210 Å². The standard InChI is InChI=1S/C29H53O4P/c1-10-14-16-24(12-3)19-32-34(31,33-20-25(13-4)17-15-11-2)21-26-22(5)18-27(29(7,8)9)28(30)23(26)6/h18,24-25,30H,10-17,19-21H2,1-9H3. The van der Waals surface area contributed by atoms with E-state index in [1.165, 1.54) is 0 Å². The van der Waals surface area contributed by atoms with Gasteiger partial charge in [-0.2, -0.15) is 0 Å². The second kappa shape index (κ2) is 14.7. The summed E-state index contributed by atoms with van der Waals surface area (Å²) in [7, 11) is -3.38. The first-order valence-corrected chi connectivity index (χ1v) is 15.4. The number of unbranched alkanes of at least 4 members (excludes halogenated alkanes) is 2. The molecule has 0 amide bonds. The van der Waals surface area contributed by atoms with Gasteiger partial charge in [0.15, 0.2) is 0 Å². The van der Waals surface area contributed by atoms with Gasteiger partial charge in [0.2, 0.25) is 0 Å². The molecule has 0 saturated heterocycles. The summed E-state index contributed by atoms with van der Waals surface area (Å²) in [6.07, 6.45) is 9.00. The summed E-state index contributed by atoms with van der Waals surface area (Å²) in [5.41, 5.74) is 3.45. The number of aryl methyl sites for hydroxylation is 1. The van der Waals surface area contributed by atoms with Gasteiger partial charge in [0.05, 0.1) is 19.4 Å². The molecule has 2 atom stereocenters. The maximum absolute atomic E-state index is 14.1. The molecule has 2 unspecified atom stereocenters. The number of rotatable bonds is 16. The first-order valence-electron chi connectivity index (χ1n) is 13.6. The minimum atomic E-state index is -3.38. The van der Waals surface area contributed by atoms with E-state index in [2.05, 4.69) is 48.5 Å². The van der Waals surface area contributed by atoms with Crippen molar-refractivity contribution in [3.63, 3.8) is 0 Å². The molecule has 0 aromatic heterocycles. The van der Waals surface area contributed by atoms with Gasteiger partial charge in [0.1, 0.15) is 5.75 Å². The van der Waals surface area contributed by atoms with Crippen LogP contribution in [0.15, 0.2) is 6.07 Å². The first kappa shape index (κ1) is 31.2. The largest absolute Gasteiger partial charge is 0.507 e. The number of aromatic hydroxyl groups is 1. The number of hydrogen-bond acceptors (Lipinski definition) is 4. The highest BCUT2D eigenvalue weighted by Gasteiger charge is 2.31. The summed E-state index contributed by atoms with van der Waals surface area (Å²) in [5.74, 6) is 1.07. The highest BCUT2D eigenvalue weighted by atomic mass is 31.2. The lowest BCUT2D eigenvalue weighted by molar-refractivity contribution is 0.150. The van der Waals surface area contributed by atoms with Gasteiger partial charge < -0.3 is 14.2 Å². The molecule has 0 radical (unpaired) electrons. The molecule has 1 aromatic carbocycles. The van der Waals surface area contributed by atoms with Crippen molar-refractivity contribution in [1.29, 1.82) is 0 Å². The predicted octanol–water partition coefficient (Wildman–Crippen LogP) is 9.47. The fraction of sp³-hybridized carbons (Fsp3) is 0.793. The Morgan fingerprint density at radius 2 is 1.38 bits per heavy atom. The Bertz CT molecular complexity index is 757. The van der Waals surface area contributed by atoms with E-state index in [1.807, 2.05) is 19.9 Å². The van der Waals surface area contributed by atoms with Gasteiger partial charge in [-0.3, -0.25) is 4.57 Å². The number of benzene rings is 1. The maximum Gasteiger partial charge on any atom is 0.335 e. The Morgan fingerprint density at radius 1 is 0.912 bits per heavy atom. The third-order valence-corrected chi connectivity index (χ3v) is 8.95. The average molecular weight is 497 g/mol. The fourth-order valence-corrected chi connectivity index (χ4v) is 6.39. The van der Waals surface area contributed by atoms with Crippen LogP contribution in [0, 0.1) is 25.7 Å². The quantitative estimate of drug-likeness (QED) is 0.232. The smallest absolute Gasteiger partial charge is 0.335 e. The molecule has 0 aliphatic carbocycles. The minimum Gasteiger partial charge on any atom is -0.507 e. The van der Waals surface area contributed by atoms with Crippen molar-refractivity contribution < 1.29 is 18.7 Å². The third-order valence-electron chi connectivity index (χ3n) is 7.16. The van der Waals surface area contributed by atoms with Gasteiger partial charge in [0, 0.05) is 0 Å². The molecular weight excluding hydrogens is 443 g/mol. The van der Waals surface area contributed by atoms with Gasteiger partial charge in [-0.25, -0.2) is 0 Å². The summed E-state index contributed by atoms with van der Waals surface area (Å²) in [6.45, 7) is 19.9. The molecular formula is C29H53O4P. The van der Waals surface area contributed by atoms with E-state index in [9.17, 15) is 9.67 Å². The second-order valence-corrected chi connectivity index (χ2v) is 13.2. The van der Waals surface area contributed by atoms with Crippen LogP contribution in [0.5, 0.6) is 5.75 Å². The van der Waals surface area contributed by atoms with Gasteiger partial charge >= 0.3 is 7.60 Å². The average Bonchev–Trinajstić information content (AvgIpc) is 2.78. The van der Waals surface area contributed by atoms with Crippen LogP contribution in [0.3, 0.4) is 0 Å². The molecule has 1 rings (SSSR count). The maximum atomic E-state index is 14.1. The zero-order chi connectivity index (χ0) is 25.9. The summed E-state index contributed by atoms with van der Waals surface area (Å²) in [6, 6.07) is 2.04. The lowest BCUT2D eigenvalue weighted by Gasteiger charge is -2.27. The summed E-state index contributed by atoms with van der Waals surface area (Å²) in [5, 5.41) is 11.0. The third kappa shape index (κ3) is 9.67. The molecule has 4 nitrogen and oxygen atoms in total. The van der Waals surface area contributed by atoms with Crippen molar-refractivity contribution in [2.75, 3.05) is 13.2 Å². The van der Waals surface area contributed by atoms with Crippen molar-refractivity contribution >= 4 is 7.60 Å². The normalized spacial score (nSPS) is 15.8. The molecule has 0 bridgehead atoms. The molecule has 198 valence electrons. The predicted molar refractivity (Wildman–Crippen MR) is 146 cm³/mol. The SMILES string of the molecule is CCCCC(CC)COP(=O)(Cc1c(C)cc(C(C)(C)C)c(O)c1C)OCC(CC)CCCC. The second-order valence-electron chi connectivity index (χ2n) is 11.1. The lowest BCUT2D eigenvalue weighted by atomic mass is 9.83. The van der Waals surface area contributed by atoms with E-state index in [4.69, 9.17) is 9.05 Å². The van der Waals surface area contributed by atoms with Crippen LogP contribution in [-0.4, -0.2) is 18.3 Å². The van der Waals surface area contributed by atoms with Crippen LogP contribution in [-0.2, 0) is 25.2 Å². The van der Waals surface area contributed by atoms with Gasteiger partial charge in [-0.15, -0.1) is 0 Å². The molecule has 0 saturated carbocycles.